The molecule has 0 aliphatic carbocycles. The van der Waals surface area contributed by atoms with Crippen LogP contribution in [0.4, 0.5) is 5.82 Å². The van der Waals surface area contributed by atoms with Crippen LogP contribution in [-0.2, 0) is 19.8 Å². The molecule has 2 aromatic heterocycles. The molecule has 0 aromatic carbocycles. The molecular formula is C19H24N6O3. The predicted molar refractivity (Wildman–Crippen MR) is 108 cm³/mol. The maximum absolute atomic E-state index is 12.7. The SMILES string of the molecule is C=CCn1c(=O)n(CC=C)c(=O)n(CN2CCN(c3ccccn3)CC2)c1=O. The topological polar surface area (TPSA) is 85.4 Å². The Kier molecular flexibility index (Phi) is 6.05. The van der Waals surface area contributed by atoms with Gasteiger partial charge in [0.1, 0.15) is 5.82 Å². The number of piperazine rings is 1. The lowest BCUT2D eigenvalue weighted by atomic mass is 10.3. The van der Waals surface area contributed by atoms with Crippen LogP contribution < -0.4 is 22.0 Å². The second kappa shape index (κ2) is 8.66. The lowest BCUT2D eigenvalue weighted by Gasteiger charge is -2.35. The van der Waals surface area contributed by atoms with Gasteiger partial charge < -0.3 is 4.90 Å². The van der Waals surface area contributed by atoms with Gasteiger partial charge >= 0.3 is 17.1 Å². The first-order valence-electron chi connectivity index (χ1n) is 9.11. The molecule has 3 rings (SSSR count). The summed E-state index contributed by atoms with van der Waals surface area (Å²) in [6, 6.07) is 5.77. The molecule has 3 heterocycles. The van der Waals surface area contributed by atoms with Crippen LogP contribution in [0, 0.1) is 0 Å². The van der Waals surface area contributed by atoms with E-state index in [9.17, 15) is 14.4 Å². The quantitative estimate of drug-likeness (QED) is 0.611. The molecule has 1 aliphatic rings. The Morgan fingerprint density at radius 3 is 1.93 bits per heavy atom. The molecule has 0 spiro atoms. The zero-order chi connectivity index (χ0) is 20.1. The second-order valence-corrected chi connectivity index (χ2v) is 6.51. The highest BCUT2D eigenvalue weighted by molar-refractivity contribution is 5.38. The number of nitrogens with zero attached hydrogens (tertiary/aromatic N) is 6. The van der Waals surface area contributed by atoms with Gasteiger partial charge in [0.15, 0.2) is 0 Å². The van der Waals surface area contributed by atoms with Crippen molar-refractivity contribution in [3.05, 3.63) is 81.2 Å². The summed E-state index contributed by atoms with van der Waals surface area (Å²) in [5.74, 6) is 0.909. The molecule has 0 saturated carbocycles. The summed E-state index contributed by atoms with van der Waals surface area (Å²) in [5.41, 5.74) is -1.89. The molecule has 9 heteroatoms. The highest BCUT2D eigenvalue weighted by Crippen LogP contribution is 2.12. The summed E-state index contributed by atoms with van der Waals surface area (Å²) in [7, 11) is 0. The Labute approximate surface area is 162 Å². The molecule has 1 saturated heterocycles. The molecule has 0 bridgehead atoms. The Morgan fingerprint density at radius 1 is 0.857 bits per heavy atom. The molecule has 0 atom stereocenters. The van der Waals surface area contributed by atoms with E-state index in [0.29, 0.717) is 13.1 Å². The maximum Gasteiger partial charge on any atom is 0.337 e. The lowest BCUT2D eigenvalue weighted by molar-refractivity contribution is 0.192. The van der Waals surface area contributed by atoms with Crippen molar-refractivity contribution >= 4 is 5.82 Å². The van der Waals surface area contributed by atoms with Crippen molar-refractivity contribution in [2.24, 2.45) is 0 Å². The zero-order valence-electron chi connectivity index (χ0n) is 15.7. The summed E-state index contributed by atoms with van der Waals surface area (Å²) in [6.07, 6.45) is 4.68. The Morgan fingerprint density at radius 2 is 1.43 bits per heavy atom. The first-order chi connectivity index (χ1) is 13.6. The minimum atomic E-state index is -0.647. The summed E-state index contributed by atoms with van der Waals surface area (Å²) in [6.45, 7) is 10.2. The van der Waals surface area contributed by atoms with Crippen molar-refractivity contribution in [2.45, 2.75) is 19.8 Å². The fraction of sp³-hybridized carbons (Fsp3) is 0.368. The third kappa shape index (κ3) is 3.89. The van der Waals surface area contributed by atoms with Crippen molar-refractivity contribution in [3.63, 3.8) is 0 Å². The number of hydrogen-bond donors (Lipinski definition) is 0. The highest BCUT2D eigenvalue weighted by Gasteiger charge is 2.21. The van der Waals surface area contributed by atoms with Gasteiger partial charge in [-0.25, -0.2) is 33.1 Å². The summed E-state index contributed by atoms with van der Waals surface area (Å²) in [5, 5.41) is 0. The van der Waals surface area contributed by atoms with E-state index >= 15 is 0 Å². The van der Waals surface area contributed by atoms with Gasteiger partial charge in [-0.05, 0) is 12.1 Å². The number of anilines is 1. The Bertz CT molecular complexity index is 964. The number of pyridine rings is 1. The average molecular weight is 384 g/mol. The van der Waals surface area contributed by atoms with Crippen LogP contribution in [0.3, 0.4) is 0 Å². The molecule has 1 fully saturated rings. The van der Waals surface area contributed by atoms with Crippen molar-refractivity contribution < 1.29 is 0 Å². The van der Waals surface area contributed by atoms with E-state index < -0.39 is 17.1 Å². The van der Waals surface area contributed by atoms with Gasteiger partial charge in [0.2, 0.25) is 0 Å². The van der Waals surface area contributed by atoms with Gasteiger partial charge in [0.05, 0.1) is 19.8 Å². The fourth-order valence-corrected chi connectivity index (χ4v) is 3.23. The number of allylic oxidation sites excluding steroid dienone is 2. The van der Waals surface area contributed by atoms with Gasteiger partial charge in [-0.2, -0.15) is 0 Å². The number of aromatic nitrogens is 4. The lowest BCUT2D eigenvalue weighted by Crippen LogP contribution is -2.57. The molecule has 28 heavy (non-hydrogen) atoms. The van der Waals surface area contributed by atoms with Crippen LogP contribution in [0.5, 0.6) is 0 Å². The van der Waals surface area contributed by atoms with E-state index in [1.54, 1.807) is 6.20 Å². The van der Waals surface area contributed by atoms with Gasteiger partial charge in [-0.15, -0.1) is 13.2 Å². The largest absolute Gasteiger partial charge is 0.354 e. The molecule has 0 unspecified atom stereocenters. The van der Waals surface area contributed by atoms with E-state index in [1.807, 2.05) is 23.1 Å². The molecule has 148 valence electrons. The van der Waals surface area contributed by atoms with Crippen LogP contribution in [0.2, 0.25) is 0 Å². The number of rotatable bonds is 7. The summed E-state index contributed by atoms with van der Waals surface area (Å²) in [4.78, 5) is 46.4. The molecule has 0 radical (unpaired) electrons. The summed E-state index contributed by atoms with van der Waals surface area (Å²) >= 11 is 0. The van der Waals surface area contributed by atoms with Crippen molar-refractivity contribution in [1.29, 1.82) is 0 Å². The first-order valence-corrected chi connectivity index (χ1v) is 9.11. The van der Waals surface area contributed by atoms with Gasteiger partial charge in [0.25, 0.3) is 0 Å². The minimum absolute atomic E-state index is 0.0442. The molecule has 0 amide bonds. The van der Waals surface area contributed by atoms with Crippen molar-refractivity contribution in [3.8, 4) is 0 Å². The molecule has 0 N–H and O–H groups in total. The smallest absolute Gasteiger partial charge is 0.337 e. The molecule has 1 aliphatic heterocycles. The van der Waals surface area contributed by atoms with Crippen LogP contribution in [0.25, 0.3) is 0 Å². The van der Waals surface area contributed by atoms with Crippen LogP contribution >= 0.6 is 0 Å². The minimum Gasteiger partial charge on any atom is -0.354 e. The van der Waals surface area contributed by atoms with Crippen LogP contribution in [-0.4, -0.2) is 49.8 Å². The monoisotopic (exact) mass is 384 g/mol. The van der Waals surface area contributed by atoms with Crippen LogP contribution in [0.1, 0.15) is 0 Å². The third-order valence-corrected chi connectivity index (χ3v) is 4.70. The van der Waals surface area contributed by atoms with E-state index in [2.05, 4.69) is 23.0 Å². The van der Waals surface area contributed by atoms with Crippen LogP contribution in [0.15, 0.2) is 64.1 Å². The third-order valence-electron chi connectivity index (χ3n) is 4.70. The second-order valence-electron chi connectivity index (χ2n) is 6.51. The predicted octanol–water partition coefficient (Wildman–Crippen LogP) is -0.282. The van der Waals surface area contributed by atoms with Crippen molar-refractivity contribution in [2.75, 3.05) is 31.1 Å². The molecular weight excluding hydrogens is 360 g/mol. The van der Waals surface area contributed by atoms with Gasteiger partial charge in [0, 0.05) is 32.4 Å². The maximum atomic E-state index is 12.7. The fourth-order valence-electron chi connectivity index (χ4n) is 3.23. The number of hydrogen-bond acceptors (Lipinski definition) is 6. The van der Waals surface area contributed by atoms with Crippen molar-refractivity contribution in [1.82, 2.24) is 23.6 Å². The van der Waals surface area contributed by atoms with E-state index in [-0.39, 0.29) is 19.8 Å². The van der Waals surface area contributed by atoms with Gasteiger partial charge in [-0.3, -0.25) is 4.90 Å². The molecule has 2 aromatic rings. The Hall–Kier alpha value is -3.20. The standard InChI is InChI=1S/C19H24N6O3/c1-3-9-23-17(26)24(10-4-2)19(28)25(18(23)27)15-21-11-13-22(14-12-21)16-7-5-6-8-20-16/h3-8H,1-2,9-15H2. The Balaban J connectivity index is 1.83. The highest BCUT2D eigenvalue weighted by atomic mass is 16.2. The average Bonchev–Trinajstić information content (AvgIpc) is 2.73. The van der Waals surface area contributed by atoms with E-state index in [1.165, 1.54) is 12.2 Å². The first kappa shape index (κ1) is 19.6. The zero-order valence-corrected chi connectivity index (χ0v) is 15.7. The molecule has 9 nitrogen and oxygen atoms in total. The van der Waals surface area contributed by atoms with Gasteiger partial charge in [-0.1, -0.05) is 18.2 Å². The van der Waals surface area contributed by atoms with E-state index in [4.69, 9.17) is 0 Å². The normalized spacial score (nSPS) is 14.8. The van der Waals surface area contributed by atoms with E-state index in [0.717, 1.165) is 32.6 Å². The summed E-state index contributed by atoms with van der Waals surface area (Å²) < 4.78 is 3.13.